The van der Waals surface area contributed by atoms with E-state index in [0.29, 0.717) is 0 Å². The largest absolute Gasteiger partial charge is 0.458 e. The van der Waals surface area contributed by atoms with E-state index >= 15 is 0 Å². The lowest BCUT2D eigenvalue weighted by molar-refractivity contribution is -0.385. The summed E-state index contributed by atoms with van der Waals surface area (Å²) in [6.07, 6.45) is -12.2. The van der Waals surface area contributed by atoms with E-state index in [2.05, 4.69) is 5.32 Å². The lowest BCUT2D eigenvalue weighted by atomic mass is 9.95. The molecule has 1 N–H and O–H groups in total. The van der Waals surface area contributed by atoms with Crippen molar-refractivity contribution in [1.82, 2.24) is 5.32 Å². The van der Waals surface area contributed by atoms with Gasteiger partial charge in [-0.05, 0) is 71.9 Å². The van der Waals surface area contributed by atoms with Crippen molar-refractivity contribution in [2.75, 3.05) is 0 Å². The first-order chi connectivity index (χ1) is 18.9. The van der Waals surface area contributed by atoms with Gasteiger partial charge in [0.1, 0.15) is 17.2 Å². The second-order valence-electron chi connectivity index (χ2n) is 11.2. The van der Waals surface area contributed by atoms with Crippen molar-refractivity contribution in [2.24, 2.45) is 0 Å². The van der Waals surface area contributed by atoms with Gasteiger partial charge < -0.3 is 14.8 Å². The Morgan fingerprint density at radius 1 is 0.810 bits per heavy atom. The lowest BCUT2D eigenvalue weighted by Gasteiger charge is -2.26. The number of carbonyl (C=O) groups is 3. The van der Waals surface area contributed by atoms with Crippen LogP contribution < -0.4 is 5.32 Å². The van der Waals surface area contributed by atoms with Crippen molar-refractivity contribution in [3.05, 3.63) is 74.3 Å². The number of rotatable bonds is 7. The summed E-state index contributed by atoms with van der Waals surface area (Å²) in [5.41, 5.74) is -8.00. The predicted octanol–water partition coefficient (Wildman–Crippen LogP) is 6.64. The number of benzene rings is 2. The van der Waals surface area contributed by atoms with Gasteiger partial charge in [0.25, 0.3) is 5.69 Å². The highest BCUT2D eigenvalue weighted by Gasteiger charge is 2.38. The molecule has 1 unspecified atom stereocenters. The summed E-state index contributed by atoms with van der Waals surface area (Å²) in [6, 6.07) is 1.21. The van der Waals surface area contributed by atoms with Gasteiger partial charge in [-0.3, -0.25) is 14.9 Å². The fraction of sp³-hybridized carbons (Fsp3) is 0.444. The summed E-state index contributed by atoms with van der Waals surface area (Å²) in [5.74, 6) is -2.34. The van der Waals surface area contributed by atoms with Crippen LogP contribution >= 0.6 is 0 Å². The Morgan fingerprint density at radius 2 is 1.31 bits per heavy atom. The highest BCUT2D eigenvalue weighted by molar-refractivity contribution is 6.09. The highest BCUT2D eigenvalue weighted by atomic mass is 19.4. The second-order valence-corrected chi connectivity index (χ2v) is 11.2. The fourth-order valence-electron chi connectivity index (χ4n) is 3.56. The van der Waals surface area contributed by atoms with Crippen LogP contribution in [0.15, 0.2) is 36.4 Å². The normalized spacial score (nSPS) is 13.2. The zero-order valence-electron chi connectivity index (χ0n) is 23.3. The molecule has 9 nitrogen and oxygen atoms in total. The number of carbonyl (C=O) groups excluding carboxylic acids is 3. The Balaban J connectivity index is 2.61. The first kappa shape index (κ1) is 34.0. The molecule has 0 fully saturated rings. The molecule has 0 aromatic heterocycles. The van der Waals surface area contributed by atoms with E-state index in [4.69, 9.17) is 9.47 Å². The first-order valence-corrected chi connectivity index (χ1v) is 12.2. The summed E-state index contributed by atoms with van der Waals surface area (Å²) in [5, 5.41) is 14.0. The number of hydrogen-bond acceptors (Lipinski definition) is 7. The third-order valence-electron chi connectivity index (χ3n) is 5.19. The maximum Gasteiger partial charge on any atom is 0.416 e. The van der Waals surface area contributed by atoms with Crippen LogP contribution in [0.4, 0.5) is 36.8 Å². The number of nitrogens with one attached hydrogen (secondary N) is 1. The Morgan fingerprint density at radius 3 is 1.74 bits per heavy atom. The highest BCUT2D eigenvalue weighted by Crippen LogP contribution is 2.37. The Kier molecular flexibility index (Phi) is 9.71. The molecule has 1 amide bonds. The number of amides is 1. The summed E-state index contributed by atoms with van der Waals surface area (Å²) in [4.78, 5) is 49.3. The summed E-state index contributed by atoms with van der Waals surface area (Å²) in [7, 11) is 0. The number of halogens is 6. The van der Waals surface area contributed by atoms with Gasteiger partial charge in [0, 0.05) is 29.2 Å². The molecular weight excluding hydrogens is 578 g/mol. The van der Waals surface area contributed by atoms with Gasteiger partial charge in [0.15, 0.2) is 5.78 Å². The number of esters is 1. The minimum absolute atomic E-state index is 0.147. The second kappa shape index (κ2) is 12.0. The van der Waals surface area contributed by atoms with E-state index in [1.165, 1.54) is 41.5 Å². The zero-order chi connectivity index (χ0) is 32.4. The molecule has 0 bridgehead atoms. The van der Waals surface area contributed by atoms with E-state index < -0.39 is 86.7 Å². The Hall–Kier alpha value is -4.17. The van der Waals surface area contributed by atoms with Crippen molar-refractivity contribution in [2.45, 2.75) is 77.6 Å². The van der Waals surface area contributed by atoms with Crippen LogP contribution in [0, 0.1) is 10.1 Å². The van der Waals surface area contributed by atoms with Gasteiger partial charge in [0.2, 0.25) is 0 Å². The van der Waals surface area contributed by atoms with Crippen molar-refractivity contribution in [1.29, 1.82) is 0 Å². The molecule has 0 aliphatic carbocycles. The number of nitro benzene ring substituents is 1. The molecule has 2 rings (SSSR count). The van der Waals surface area contributed by atoms with Crippen LogP contribution in [0.5, 0.6) is 0 Å². The van der Waals surface area contributed by atoms with E-state index in [1.54, 1.807) is 0 Å². The topological polar surface area (TPSA) is 125 Å². The minimum atomic E-state index is -5.22. The van der Waals surface area contributed by atoms with E-state index in [1.807, 2.05) is 0 Å². The predicted molar refractivity (Wildman–Crippen MR) is 136 cm³/mol. The van der Waals surface area contributed by atoms with Crippen molar-refractivity contribution in [3.8, 4) is 0 Å². The molecule has 2 aromatic carbocycles. The zero-order valence-corrected chi connectivity index (χ0v) is 23.3. The van der Waals surface area contributed by atoms with Gasteiger partial charge in [-0.1, -0.05) is 0 Å². The van der Waals surface area contributed by atoms with E-state index in [-0.39, 0.29) is 23.8 Å². The molecule has 0 saturated heterocycles. The number of ketones is 1. The fourth-order valence-corrected chi connectivity index (χ4v) is 3.56. The number of ether oxygens (including phenoxy) is 2. The van der Waals surface area contributed by atoms with Crippen molar-refractivity contribution >= 4 is 23.5 Å². The van der Waals surface area contributed by atoms with Crippen LogP contribution in [0.3, 0.4) is 0 Å². The number of nitro groups is 1. The molecule has 0 saturated carbocycles. The third-order valence-corrected chi connectivity index (χ3v) is 5.19. The lowest BCUT2D eigenvalue weighted by Crippen LogP contribution is -2.47. The molecule has 0 aliphatic rings. The van der Waals surface area contributed by atoms with Gasteiger partial charge in [0.05, 0.1) is 16.1 Å². The van der Waals surface area contributed by atoms with Crippen LogP contribution in [0.25, 0.3) is 0 Å². The van der Waals surface area contributed by atoms with Crippen LogP contribution in [0.2, 0.25) is 0 Å². The number of nitrogens with zero attached hydrogens (tertiary/aromatic N) is 1. The Labute approximate surface area is 236 Å². The van der Waals surface area contributed by atoms with Crippen molar-refractivity contribution in [3.63, 3.8) is 0 Å². The molecule has 230 valence electrons. The van der Waals surface area contributed by atoms with Gasteiger partial charge in [-0.25, -0.2) is 9.59 Å². The van der Waals surface area contributed by atoms with E-state index in [0.717, 1.165) is 18.2 Å². The van der Waals surface area contributed by atoms with Crippen LogP contribution in [0.1, 0.15) is 74.2 Å². The molecule has 15 heteroatoms. The SMILES string of the molecule is CC(C)(C)OC(=O)NC(Cc1cc(C(=O)c2cc(C(F)(F)F)cc(C(F)(F)F)c2)ccc1[N+](=O)[O-])C(=O)OC(C)(C)C. The number of hydrogen-bond donors (Lipinski definition) is 1. The summed E-state index contributed by atoms with van der Waals surface area (Å²) < 4.78 is 90.3. The quantitative estimate of drug-likeness (QED) is 0.123. The van der Waals surface area contributed by atoms with Crippen LogP contribution in [-0.2, 0) is 33.0 Å². The average molecular weight is 607 g/mol. The van der Waals surface area contributed by atoms with Crippen molar-refractivity contribution < 1.29 is 55.1 Å². The molecule has 0 spiro atoms. The molecule has 2 aromatic rings. The summed E-state index contributed by atoms with van der Waals surface area (Å²) >= 11 is 0. The molecule has 42 heavy (non-hydrogen) atoms. The number of alkyl carbamates (subject to hydrolysis) is 1. The minimum Gasteiger partial charge on any atom is -0.458 e. The third kappa shape index (κ3) is 9.73. The van der Waals surface area contributed by atoms with Gasteiger partial charge in [-0.2, -0.15) is 26.3 Å². The molecule has 0 aliphatic heterocycles. The smallest absolute Gasteiger partial charge is 0.416 e. The standard InChI is InChI=1S/C27H28F6N2O7/c1-24(2,3)41-22(37)19(34-23(38)42-25(4,5)6)12-15-9-14(7-8-20(15)35(39)40)21(36)16-10-17(26(28,29)30)13-18(11-16)27(31,32)33/h7-11,13,19H,12H2,1-6H3,(H,34,38). The number of alkyl halides is 6. The monoisotopic (exact) mass is 606 g/mol. The summed E-state index contributed by atoms with van der Waals surface area (Å²) in [6.45, 7) is 9.15. The first-order valence-electron chi connectivity index (χ1n) is 12.2. The average Bonchev–Trinajstić information content (AvgIpc) is 2.79. The maximum absolute atomic E-state index is 13.3. The molecule has 0 radical (unpaired) electrons. The van der Waals surface area contributed by atoms with Gasteiger partial charge >= 0.3 is 24.4 Å². The van der Waals surface area contributed by atoms with Crippen LogP contribution in [-0.4, -0.2) is 40.0 Å². The van der Waals surface area contributed by atoms with E-state index in [9.17, 15) is 50.8 Å². The molecular formula is C27H28F6N2O7. The molecule has 1 atom stereocenters. The van der Waals surface area contributed by atoms with Gasteiger partial charge in [-0.15, -0.1) is 0 Å². The Bertz CT molecular complexity index is 1340. The maximum atomic E-state index is 13.3. The molecule has 0 heterocycles.